The number of carbonyl (C=O) groups is 2. The van der Waals surface area contributed by atoms with E-state index in [-0.39, 0.29) is 12.6 Å². The van der Waals surface area contributed by atoms with E-state index < -0.39 is 11.4 Å². The van der Waals surface area contributed by atoms with Crippen molar-refractivity contribution in [1.82, 2.24) is 9.80 Å². The second-order valence-electron chi connectivity index (χ2n) is 5.61. The van der Waals surface area contributed by atoms with Gasteiger partial charge in [0.25, 0.3) is 0 Å². The molecule has 6 heteroatoms. The predicted molar refractivity (Wildman–Crippen MR) is 77.7 cm³/mol. The molecule has 1 N–H and O–H groups in total. The van der Waals surface area contributed by atoms with Crippen molar-refractivity contribution in [2.45, 2.75) is 26.3 Å². The first kappa shape index (κ1) is 14.8. The van der Waals surface area contributed by atoms with E-state index in [1.165, 1.54) is 0 Å². The number of aliphatic carboxylic acids is 1. The van der Waals surface area contributed by atoms with Crippen molar-refractivity contribution in [3.05, 3.63) is 22.4 Å². The highest BCUT2D eigenvalue weighted by molar-refractivity contribution is 7.09. The third-order valence-corrected chi connectivity index (χ3v) is 4.64. The Morgan fingerprint density at radius 2 is 2.30 bits per heavy atom. The van der Waals surface area contributed by atoms with E-state index in [0.717, 1.165) is 11.3 Å². The molecule has 0 radical (unpaired) electrons. The number of nitrogens with zero attached hydrogens (tertiary/aromatic N) is 2. The summed E-state index contributed by atoms with van der Waals surface area (Å²) in [7, 11) is 1.76. The molecule has 0 saturated carbocycles. The van der Waals surface area contributed by atoms with Gasteiger partial charge in [-0.05, 0) is 31.2 Å². The summed E-state index contributed by atoms with van der Waals surface area (Å²) >= 11 is 1.61. The minimum absolute atomic E-state index is 0.0921. The Morgan fingerprint density at radius 3 is 2.90 bits per heavy atom. The maximum absolute atomic E-state index is 12.4. The summed E-state index contributed by atoms with van der Waals surface area (Å²) in [5, 5.41) is 11.3. The molecular formula is C14H20N2O3S. The summed E-state index contributed by atoms with van der Waals surface area (Å²) in [6.45, 7) is 3.21. The highest BCUT2D eigenvalue weighted by atomic mass is 32.1. The Morgan fingerprint density at radius 1 is 1.55 bits per heavy atom. The van der Waals surface area contributed by atoms with Gasteiger partial charge < -0.3 is 14.9 Å². The molecule has 0 aromatic carbocycles. The molecule has 0 bridgehead atoms. The average Bonchev–Trinajstić information content (AvgIpc) is 2.90. The Hall–Kier alpha value is -1.56. The van der Waals surface area contributed by atoms with Crippen LogP contribution in [0.1, 0.15) is 24.6 Å². The van der Waals surface area contributed by atoms with Crippen molar-refractivity contribution in [3.63, 3.8) is 0 Å². The average molecular weight is 296 g/mol. The molecule has 0 spiro atoms. The van der Waals surface area contributed by atoms with Crippen LogP contribution in [0, 0.1) is 5.41 Å². The summed E-state index contributed by atoms with van der Waals surface area (Å²) in [6, 6.07) is 3.86. The van der Waals surface area contributed by atoms with Crippen LogP contribution in [-0.4, -0.2) is 47.0 Å². The first-order valence-corrected chi connectivity index (χ1v) is 7.56. The summed E-state index contributed by atoms with van der Waals surface area (Å²) < 4.78 is 0. The van der Waals surface area contributed by atoms with Gasteiger partial charge in [0.15, 0.2) is 0 Å². The lowest BCUT2D eigenvalue weighted by atomic mass is 9.82. The summed E-state index contributed by atoms with van der Waals surface area (Å²) in [5.41, 5.74) is -0.822. The van der Waals surface area contributed by atoms with Gasteiger partial charge in [-0.3, -0.25) is 4.79 Å². The summed E-state index contributed by atoms with van der Waals surface area (Å²) in [5.74, 6) is -0.823. The van der Waals surface area contributed by atoms with E-state index in [1.807, 2.05) is 17.5 Å². The van der Waals surface area contributed by atoms with Crippen molar-refractivity contribution >= 4 is 23.3 Å². The largest absolute Gasteiger partial charge is 0.481 e. The fraction of sp³-hybridized carbons (Fsp3) is 0.571. The fourth-order valence-electron chi connectivity index (χ4n) is 2.52. The van der Waals surface area contributed by atoms with Crippen LogP contribution in [0.4, 0.5) is 4.79 Å². The van der Waals surface area contributed by atoms with Crippen LogP contribution in [0.3, 0.4) is 0 Å². The SMILES string of the molecule is CN(Cc1cccs1)C(=O)N1CCCC(C)(C(=O)O)C1. The lowest BCUT2D eigenvalue weighted by Crippen LogP contribution is -2.51. The minimum Gasteiger partial charge on any atom is -0.481 e. The molecule has 5 nitrogen and oxygen atoms in total. The Bertz CT molecular complexity index is 489. The number of carboxylic acids is 1. The number of hydrogen-bond donors (Lipinski definition) is 1. The van der Waals surface area contributed by atoms with Crippen molar-refractivity contribution in [3.8, 4) is 0 Å². The molecule has 1 aliphatic rings. The zero-order valence-corrected chi connectivity index (χ0v) is 12.7. The Labute approximate surface area is 122 Å². The minimum atomic E-state index is -0.823. The van der Waals surface area contributed by atoms with E-state index in [2.05, 4.69) is 0 Å². The molecule has 1 aromatic heterocycles. The maximum Gasteiger partial charge on any atom is 0.320 e. The molecule has 2 amide bonds. The molecule has 1 unspecified atom stereocenters. The molecule has 1 aliphatic heterocycles. The van der Waals surface area contributed by atoms with Gasteiger partial charge in [-0.15, -0.1) is 11.3 Å². The lowest BCUT2D eigenvalue weighted by Gasteiger charge is -2.39. The number of piperidine rings is 1. The highest BCUT2D eigenvalue weighted by Crippen LogP contribution is 2.30. The molecule has 2 heterocycles. The number of carbonyl (C=O) groups excluding carboxylic acids is 1. The number of hydrogen-bond acceptors (Lipinski definition) is 3. The van der Waals surface area contributed by atoms with Gasteiger partial charge in [-0.1, -0.05) is 6.07 Å². The van der Waals surface area contributed by atoms with E-state index in [1.54, 1.807) is 35.1 Å². The second kappa shape index (κ2) is 5.83. The van der Waals surface area contributed by atoms with Crippen LogP contribution in [0.25, 0.3) is 0 Å². The number of likely N-dealkylation sites (tertiary alicyclic amines) is 1. The third-order valence-electron chi connectivity index (χ3n) is 3.78. The Kier molecular flexibility index (Phi) is 4.32. The van der Waals surface area contributed by atoms with Gasteiger partial charge in [0, 0.05) is 25.0 Å². The number of urea groups is 1. The van der Waals surface area contributed by atoms with Gasteiger partial charge in [-0.25, -0.2) is 4.79 Å². The smallest absolute Gasteiger partial charge is 0.320 e. The van der Waals surface area contributed by atoms with Gasteiger partial charge in [0.05, 0.1) is 12.0 Å². The zero-order chi connectivity index (χ0) is 14.8. The third kappa shape index (κ3) is 3.12. The highest BCUT2D eigenvalue weighted by Gasteiger charge is 2.39. The molecule has 20 heavy (non-hydrogen) atoms. The number of rotatable bonds is 3. The monoisotopic (exact) mass is 296 g/mol. The molecule has 1 aromatic rings. The van der Waals surface area contributed by atoms with Crippen molar-refractivity contribution < 1.29 is 14.7 Å². The van der Waals surface area contributed by atoms with Crippen LogP contribution in [0.5, 0.6) is 0 Å². The quantitative estimate of drug-likeness (QED) is 0.932. The molecule has 1 atom stereocenters. The Balaban J connectivity index is 1.99. The van der Waals surface area contributed by atoms with Crippen molar-refractivity contribution in [2.24, 2.45) is 5.41 Å². The molecule has 2 rings (SSSR count). The second-order valence-corrected chi connectivity index (χ2v) is 6.64. The number of carboxylic acid groups (broad SMARTS) is 1. The summed E-state index contributed by atoms with van der Waals surface area (Å²) in [6.07, 6.45) is 1.36. The molecule has 110 valence electrons. The van der Waals surface area contributed by atoms with Gasteiger partial charge in [-0.2, -0.15) is 0 Å². The first-order chi connectivity index (χ1) is 9.42. The number of amides is 2. The predicted octanol–water partition coefficient (Wildman–Crippen LogP) is 2.49. The van der Waals surface area contributed by atoms with E-state index in [9.17, 15) is 14.7 Å². The van der Waals surface area contributed by atoms with Crippen LogP contribution in [0.2, 0.25) is 0 Å². The van der Waals surface area contributed by atoms with Crippen LogP contribution in [0.15, 0.2) is 17.5 Å². The lowest BCUT2D eigenvalue weighted by molar-refractivity contribution is -0.150. The maximum atomic E-state index is 12.4. The number of thiophene rings is 1. The molecule has 1 fully saturated rings. The van der Waals surface area contributed by atoms with Gasteiger partial charge in [0.1, 0.15) is 0 Å². The topological polar surface area (TPSA) is 60.9 Å². The molecule has 1 saturated heterocycles. The van der Waals surface area contributed by atoms with Crippen molar-refractivity contribution in [1.29, 1.82) is 0 Å². The first-order valence-electron chi connectivity index (χ1n) is 6.68. The summed E-state index contributed by atoms with van der Waals surface area (Å²) in [4.78, 5) is 28.2. The van der Waals surface area contributed by atoms with Crippen LogP contribution < -0.4 is 0 Å². The van der Waals surface area contributed by atoms with Gasteiger partial charge in [0.2, 0.25) is 0 Å². The molecular weight excluding hydrogens is 276 g/mol. The standard InChI is InChI=1S/C14H20N2O3S/c1-14(12(17)18)6-4-7-16(10-14)13(19)15(2)9-11-5-3-8-20-11/h3,5,8H,4,6-7,9-10H2,1-2H3,(H,17,18). The molecule has 0 aliphatic carbocycles. The van der Waals surface area contributed by atoms with E-state index >= 15 is 0 Å². The van der Waals surface area contributed by atoms with Gasteiger partial charge >= 0.3 is 12.0 Å². The van der Waals surface area contributed by atoms with Crippen LogP contribution in [-0.2, 0) is 11.3 Å². The normalized spacial score (nSPS) is 22.6. The van der Waals surface area contributed by atoms with Crippen molar-refractivity contribution in [2.75, 3.05) is 20.1 Å². The fourth-order valence-corrected chi connectivity index (χ4v) is 3.28. The van der Waals surface area contributed by atoms with Crippen LogP contribution >= 0.6 is 11.3 Å². The zero-order valence-electron chi connectivity index (χ0n) is 11.8. The van der Waals surface area contributed by atoms with E-state index in [0.29, 0.717) is 19.5 Å². The van der Waals surface area contributed by atoms with E-state index in [4.69, 9.17) is 0 Å².